The first-order valence-electron chi connectivity index (χ1n) is 5.85. The van der Waals surface area contributed by atoms with Crippen molar-refractivity contribution in [3.8, 4) is 5.75 Å². The van der Waals surface area contributed by atoms with Crippen molar-refractivity contribution >= 4 is 22.6 Å². The monoisotopic (exact) mass is 261 g/mol. The highest BCUT2D eigenvalue weighted by atomic mass is 16.5. The maximum absolute atomic E-state index is 11.6. The predicted molar refractivity (Wildman–Crippen MR) is 71.2 cm³/mol. The molecule has 0 aliphatic carbocycles. The molecule has 0 atom stereocenters. The van der Waals surface area contributed by atoms with Gasteiger partial charge in [-0.3, -0.25) is 9.78 Å². The van der Waals surface area contributed by atoms with E-state index in [-0.39, 0.29) is 19.1 Å². The Bertz CT molecular complexity index is 601. The third kappa shape index (κ3) is 2.63. The molecule has 6 nitrogen and oxygen atoms in total. The van der Waals surface area contributed by atoms with Gasteiger partial charge in [0.15, 0.2) is 0 Å². The van der Waals surface area contributed by atoms with Gasteiger partial charge in [-0.25, -0.2) is 4.98 Å². The number of aromatic nitrogens is 2. The molecule has 1 N–H and O–H groups in total. The summed E-state index contributed by atoms with van der Waals surface area (Å²) in [4.78, 5) is 21.6. The molecule has 0 spiro atoms. The average molecular weight is 261 g/mol. The minimum absolute atomic E-state index is 0.112. The molecule has 0 saturated heterocycles. The Kier molecular flexibility index (Phi) is 3.91. The topological polar surface area (TPSA) is 75.6 Å². The standard InChI is InChI=1S/C13H15N3O3/c1-9(18)16(5-6-17)12-3-4-14-11-7-10(19-2)8-15-13(11)12/h3-4,7-8,17H,5-6H2,1-2H3. The number of ether oxygens (including phenoxy) is 1. The number of carbonyl (C=O) groups excluding carboxylic acids is 1. The molecular weight excluding hydrogens is 246 g/mol. The molecule has 6 heteroatoms. The van der Waals surface area contributed by atoms with Crippen LogP contribution in [0.1, 0.15) is 6.92 Å². The lowest BCUT2D eigenvalue weighted by molar-refractivity contribution is -0.116. The van der Waals surface area contributed by atoms with Crippen molar-refractivity contribution in [3.05, 3.63) is 24.5 Å². The minimum atomic E-state index is -0.154. The summed E-state index contributed by atoms with van der Waals surface area (Å²) < 4.78 is 5.09. The van der Waals surface area contributed by atoms with Gasteiger partial charge < -0.3 is 14.7 Å². The maximum atomic E-state index is 11.6. The smallest absolute Gasteiger partial charge is 0.224 e. The average Bonchev–Trinajstić information content (AvgIpc) is 2.43. The lowest BCUT2D eigenvalue weighted by atomic mass is 10.2. The van der Waals surface area contributed by atoms with E-state index in [1.165, 1.54) is 11.8 Å². The van der Waals surface area contributed by atoms with E-state index in [9.17, 15) is 4.79 Å². The zero-order valence-electron chi connectivity index (χ0n) is 10.8. The molecule has 0 aliphatic heterocycles. The summed E-state index contributed by atoms with van der Waals surface area (Å²) in [6, 6.07) is 3.46. The molecule has 2 rings (SSSR count). The molecule has 100 valence electrons. The number of pyridine rings is 2. The molecule has 0 bridgehead atoms. The van der Waals surface area contributed by atoms with Gasteiger partial charge in [0, 0.05) is 25.7 Å². The van der Waals surface area contributed by atoms with E-state index in [1.807, 2.05) is 0 Å². The van der Waals surface area contributed by atoms with Gasteiger partial charge in [0.25, 0.3) is 0 Å². The Morgan fingerprint density at radius 3 is 2.89 bits per heavy atom. The number of carbonyl (C=O) groups is 1. The van der Waals surface area contributed by atoms with Gasteiger partial charge in [0.05, 0.1) is 31.1 Å². The van der Waals surface area contributed by atoms with Crippen LogP contribution < -0.4 is 9.64 Å². The van der Waals surface area contributed by atoms with Gasteiger partial charge in [-0.15, -0.1) is 0 Å². The first-order valence-corrected chi connectivity index (χ1v) is 5.85. The van der Waals surface area contributed by atoms with E-state index in [0.717, 1.165) is 0 Å². The second kappa shape index (κ2) is 5.62. The van der Waals surface area contributed by atoms with Gasteiger partial charge in [-0.05, 0) is 6.07 Å². The number of hydrogen-bond acceptors (Lipinski definition) is 5. The summed E-state index contributed by atoms with van der Waals surface area (Å²) in [5.41, 5.74) is 1.88. The third-order valence-electron chi connectivity index (χ3n) is 2.76. The van der Waals surface area contributed by atoms with Crippen LogP contribution in [0.5, 0.6) is 5.75 Å². The number of hydrogen-bond donors (Lipinski definition) is 1. The van der Waals surface area contributed by atoms with Crippen LogP contribution in [0.25, 0.3) is 11.0 Å². The molecule has 19 heavy (non-hydrogen) atoms. The van der Waals surface area contributed by atoms with Gasteiger partial charge in [0.1, 0.15) is 11.3 Å². The fourth-order valence-corrected chi connectivity index (χ4v) is 1.87. The molecular formula is C13H15N3O3. The molecule has 2 aromatic heterocycles. The number of aliphatic hydroxyl groups is 1. The largest absolute Gasteiger partial charge is 0.495 e. The first-order chi connectivity index (χ1) is 9.17. The van der Waals surface area contributed by atoms with E-state index in [2.05, 4.69) is 9.97 Å². The van der Waals surface area contributed by atoms with Crippen LogP contribution in [0.2, 0.25) is 0 Å². The van der Waals surface area contributed by atoms with Crippen molar-refractivity contribution < 1.29 is 14.6 Å². The van der Waals surface area contributed by atoms with Crippen molar-refractivity contribution in [2.75, 3.05) is 25.2 Å². The van der Waals surface area contributed by atoms with Gasteiger partial charge >= 0.3 is 0 Å². The zero-order valence-corrected chi connectivity index (χ0v) is 10.8. The van der Waals surface area contributed by atoms with E-state index in [4.69, 9.17) is 9.84 Å². The minimum Gasteiger partial charge on any atom is -0.495 e. The Labute approximate surface area is 110 Å². The Morgan fingerprint density at radius 2 is 2.26 bits per heavy atom. The summed E-state index contributed by atoms with van der Waals surface area (Å²) in [5.74, 6) is 0.452. The third-order valence-corrected chi connectivity index (χ3v) is 2.76. The number of aliphatic hydroxyl groups excluding tert-OH is 1. The van der Waals surface area contributed by atoms with E-state index in [1.54, 1.807) is 31.6 Å². The van der Waals surface area contributed by atoms with Crippen molar-refractivity contribution in [2.24, 2.45) is 0 Å². The fourth-order valence-electron chi connectivity index (χ4n) is 1.87. The van der Waals surface area contributed by atoms with Gasteiger partial charge in [-0.2, -0.15) is 0 Å². The molecule has 2 aromatic rings. The number of nitrogens with zero attached hydrogens (tertiary/aromatic N) is 3. The predicted octanol–water partition coefficient (Wildman–Crippen LogP) is 0.984. The summed E-state index contributed by atoms with van der Waals surface area (Å²) in [7, 11) is 1.56. The zero-order chi connectivity index (χ0) is 13.8. The van der Waals surface area contributed by atoms with E-state index < -0.39 is 0 Å². The summed E-state index contributed by atoms with van der Waals surface area (Å²) in [6.45, 7) is 1.56. The second-order valence-corrected chi connectivity index (χ2v) is 3.97. The number of rotatable bonds is 4. The molecule has 0 aromatic carbocycles. The lowest BCUT2D eigenvalue weighted by Gasteiger charge is -2.21. The number of methoxy groups -OCH3 is 1. The van der Waals surface area contributed by atoms with Crippen LogP contribution in [0.15, 0.2) is 24.5 Å². The summed E-state index contributed by atoms with van der Waals surface area (Å²) in [5, 5.41) is 9.05. The molecule has 0 radical (unpaired) electrons. The van der Waals surface area contributed by atoms with Crippen LogP contribution in [-0.2, 0) is 4.79 Å². The Morgan fingerprint density at radius 1 is 1.47 bits per heavy atom. The number of fused-ring (bicyclic) bond motifs is 1. The van der Waals surface area contributed by atoms with Crippen LogP contribution in [-0.4, -0.2) is 41.2 Å². The number of amides is 1. The van der Waals surface area contributed by atoms with Gasteiger partial charge in [0.2, 0.25) is 5.91 Å². The van der Waals surface area contributed by atoms with E-state index in [0.29, 0.717) is 22.5 Å². The molecule has 1 amide bonds. The van der Waals surface area contributed by atoms with Gasteiger partial charge in [-0.1, -0.05) is 0 Å². The molecule has 0 unspecified atom stereocenters. The summed E-state index contributed by atoms with van der Waals surface area (Å²) in [6.07, 6.45) is 3.18. The van der Waals surface area contributed by atoms with E-state index >= 15 is 0 Å². The SMILES string of the molecule is COc1cnc2c(N(CCO)C(C)=O)ccnc2c1. The molecule has 0 saturated carbocycles. The highest BCUT2D eigenvalue weighted by Gasteiger charge is 2.15. The first kappa shape index (κ1) is 13.2. The molecule has 0 fully saturated rings. The Hall–Kier alpha value is -2.21. The van der Waals surface area contributed by atoms with Crippen LogP contribution >= 0.6 is 0 Å². The molecule has 2 heterocycles. The second-order valence-electron chi connectivity index (χ2n) is 3.97. The Balaban J connectivity index is 2.56. The maximum Gasteiger partial charge on any atom is 0.224 e. The fraction of sp³-hybridized carbons (Fsp3) is 0.308. The van der Waals surface area contributed by atoms with Crippen LogP contribution in [0.4, 0.5) is 5.69 Å². The number of anilines is 1. The normalized spacial score (nSPS) is 10.5. The summed E-state index contributed by atoms with van der Waals surface area (Å²) >= 11 is 0. The van der Waals surface area contributed by atoms with Crippen molar-refractivity contribution in [2.45, 2.75) is 6.92 Å². The highest BCUT2D eigenvalue weighted by molar-refractivity contribution is 6.00. The highest BCUT2D eigenvalue weighted by Crippen LogP contribution is 2.25. The van der Waals surface area contributed by atoms with Crippen molar-refractivity contribution in [1.29, 1.82) is 0 Å². The lowest BCUT2D eigenvalue weighted by Crippen LogP contribution is -2.31. The van der Waals surface area contributed by atoms with Crippen molar-refractivity contribution in [1.82, 2.24) is 9.97 Å². The van der Waals surface area contributed by atoms with Crippen LogP contribution in [0, 0.1) is 0 Å². The van der Waals surface area contributed by atoms with Crippen molar-refractivity contribution in [3.63, 3.8) is 0 Å². The quantitative estimate of drug-likeness (QED) is 0.888. The van der Waals surface area contributed by atoms with Crippen LogP contribution in [0.3, 0.4) is 0 Å². The molecule has 0 aliphatic rings.